The van der Waals surface area contributed by atoms with E-state index in [-0.39, 0.29) is 12.1 Å². The van der Waals surface area contributed by atoms with Crippen LogP contribution in [0.25, 0.3) is 0 Å². The van der Waals surface area contributed by atoms with Crippen LogP contribution >= 0.6 is 11.6 Å². The lowest BCUT2D eigenvalue weighted by atomic mass is 10.3. The number of ether oxygens (including phenoxy) is 2. The fraction of sp³-hybridized carbons (Fsp3) is 0.562. The van der Waals surface area contributed by atoms with Crippen molar-refractivity contribution in [3.8, 4) is 5.75 Å². The second-order valence-corrected chi connectivity index (χ2v) is 5.50. The molecule has 0 saturated carbocycles. The first-order chi connectivity index (χ1) is 10.6. The van der Waals surface area contributed by atoms with Crippen LogP contribution in [0.3, 0.4) is 0 Å². The molecule has 0 bridgehead atoms. The number of hydrogen-bond acceptors (Lipinski definition) is 3. The minimum absolute atomic E-state index is 0.165. The Balaban J connectivity index is 1.98. The maximum absolute atomic E-state index is 11.5. The molecule has 0 aliphatic heterocycles. The molecule has 0 saturated heterocycles. The molecular weight excluding hydrogens is 304 g/mol. The van der Waals surface area contributed by atoms with Gasteiger partial charge in [0.25, 0.3) is 0 Å². The van der Waals surface area contributed by atoms with Crippen molar-refractivity contribution >= 4 is 17.6 Å². The second kappa shape index (κ2) is 11.2. The Labute approximate surface area is 137 Å². The summed E-state index contributed by atoms with van der Waals surface area (Å²) in [5.41, 5.74) is 0. The van der Waals surface area contributed by atoms with Gasteiger partial charge in [0.1, 0.15) is 5.75 Å². The van der Waals surface area contributed by atoms with Crippen molar-refractivity contribution in [3.05, 3.63) is 29.3 Å². The largest absolute Gasteiger partial charge is 0.492 e. The first-order valence-electron chi connectivity index (χ1n) is 7.60. The highest BCUT2D eigenvalue weighted by Gasteiger charge is 2.01. The normalized spacial score (nSPS) is 10.5. The van der Waals surface area contributed by atoms with Gasteiger partial charge in [-0.25, -0.2) is 4.79 Å². The Morgan fingerprint density at radius 3 is 2.41 bits per heavy atom. The summed E-state index contributed by atoms with van der Waals surface area (Å²) in [5, 5.41) is 6.16. The molecule has 1 aromatic carbocycles. The number of halogens is 1. The number of amides is 2. The smallest absolute Gasteiger partial charge is 0.314 e. The van der Waals surface area contributed by atoms with Crippen LogP contribution in [-0.4, -0.2) is 38.4 Å². The van der Waals surface area contributed by atoms with E-state index in [1.54, 1.807) is 6.07 Å². The first-order valence-corrected chi connectivity index (χ1v) is 7.98. The van der Waals surface area contributed by atoms with E-state index in [1.165, 1.54) is 0 Å². The van der Waals surface area contributed by atoms with Crippen molar-refractivity contribution in [1.82, 2.24) is 10.6 Å². The van der Waals surface area contributed by atoms with E-state index in [1.807, 2.05) is 32.0 Å². The third kappa shape index (κ3) is 8.74. The number of rotatable bonds is 10. The van der Waals surface area contributed by atoms with Gasteiger partial charge in [-0.1, -0.05) is 23.7 Å². The minimum Gasteiger partial charge on any atom is -0.492 e. The quantitative estimate of drug-likeness (QED) is 0.648. The second-order valence-electron chi connectivity index (χ2n) is 5.09. The molecule has 2 N–H and O–H groups in total. The van der Waals surface area contributed by atoms with E-state index < -0.39 is 0 Å². The lowest BCUT2D eigenvalue weighted by Gasteiger charge is -2.10. The predicted octanol–water partition coefficient (Wildman–Crippen LogP) is 3.22. The van der Waals surface area contributed by atoms with Gasteiger partial charge in [-0.15, -0.1) is 0 Å². The van der Waals surface area contributed by atoms with E-state index in [0.29, 0.717) is 37.1 Å². The molecular formula is C16H25ClN2O3. The van der Waals surface area contributed by atoms with Crippen LogP contribution in [0.1, 0.15) is 26.7 Å². The van der Waals surface area contributed by atoms with E-state index in [4.69, 9.17) is 21.1 Å². The first kappa shape index (κ1) is 18.6. The number of carbonyl (C=O) groups is 1. The van der Waals surface area contributed by atoms with Crippen LogP contribution in [0, 0.1) is 0 Å². The number of para-hydroxylation sites is 1. The molecule has 6 heteroatoms. The summed E-state index contributed by atoms with van der Waals surface area (Å²) in [6.45, 7) is 6.30. The van der Waals surface area contributed by atoms with Crippen LogP contribution in [0.2, 0.25) is 5.02 Å². The third-order valence-corrected chi connectivity index (χ3v) is 3.07. The molecule has 124 valence electrons. The fourth-order valence-electron chi connectivity index (χ4n) is 1.67. The molecule has 1 rings (SSSR count). The van der Waals surface area contributed by atoms with Crippen molar-refractivity contribution in [3.63, 3.8) is 0 Å². The number of benzene rings is 1. The third-order valence-electron chi connectivity index (χ3n) is 2.76. The molecule has 5 nitrogen and oxygen atoms in total. The predicted molar refractivity (Wildman–Crippen MR) is 88.7 cm³/mol. The Bertz CT molecular complexity index is 441. The molecule has 1 aromatic rings. The number of hydrogen-bond donors (Lipinski definition) is 2. The summed E-state index contributed by atoms with van der Waals surface area (Å²) in [6, 6.07) is 7.17. The monoisotopic (exact) mass is 328 g/mol. The Morgan fingerprint density at radius 2 is 1.77 bits per heavy atom. The van der Waals surface area contributed by atoms with E-state index in [2.05, 4.69) is 10.6 Å². The van der Waals surface area contributed by atoms with Gasteiger partial charge in [-0.2, -0.15) is 0 Å². The van der Waals surface area contributed by atoms with Crippen LogP contribution < -0.4 is 15.4 Å². The van der Waals surface area contributed by atoms with Gasteiger partial charge in [0, 0.05) is 19.7 Å². The maximum Gasteiger partial charge on any atom is 0.314 e. The van der Waals surface area contributed by atoms with Crippen LogP contribution in [0.5, 0.6) is 5.75 Å². The zero-order valence-corrected chi connectivity index (χ0v) is 14.0. The number of urea groups is 1. The Hall–Kier alpha value is -1.46. The van der Waals surface area contributed by atoms with Gasteiger partial charge in [0.2, 0.25) is 0 Å². The van der Waals surface area contributed by atoms with Gasteiger partial charge >= 0.3 is 6.03 Å². The standard InChI is InChI=1S/C16H25ClN2O3/c1-13(2)21-11-5-9-18-16(20)19-10-6-12-22-15-8-4-3-7-14(15)17/h3-4,7-8,13H,5-6,9-12H2,1-2H3,(H2,18,19,20). The van der Waals surface area contributed by atoms with E-state index >= 15 is 0 Å². The molecule has 0 aliphatic carbocycles. The van der Waals surface area contributed by atoms with Gasteiger partial charge in [0.15, 0.2) is 0 Å². The highest BCUT2D eigenvalue weighted by molar-refractivity contribution is 6.32. The van der Waals surface area contributed by atoms with Crippen LogP contribution in [0.4, 0.5) is 4.79 Å². The highest BCUT2D eigenvalue weighted by Crippen LogP contribution is 2.22. The Morgan fingerprint density at radius 1 is 1.14 bits per heavy atom. The molecule has 0 atom stereocenters. The van der Waals surface area contributed by atoms with E-state index in [0.717, 1.165) is 12.8 Å². The van der Waals surface area contributed by atoms with Crippen molar-refractivity contribution in [2.45, 2.75) is 32.8 Å². The molecule has 0 heterocycles. The SMILES string of the molecule is CC(C)OCCCNC(=O)NCCCOc1ccccc1Cl. The number of carbonyl (C=O) groups excluding carboxylic acids is 1. The summed E-state index contributed by atoms with van der Waals surface area (Å²) in [6.07, 6.45) is 1.75. The van der Waals surface area contributed by atoms with Crippen molar-refractivity contribution in [2.24, 2.45) is 0 Å². The topological polar surface area (TPSA) is 59.6 Å². The van der Waals surface area contributed by atoms with Crippen LogP contribution in [0.15, 0.2) is 24.3 Å². The van der Waals surface area contributed by atoms with Crippen molar-refractivity contribution < 1.29 is 14.3 Å². The molecule has 0 fully saturated rings. The average molecular weight is 329 g/mol. The molecule has 22 heavy (non-hydrogen) atoms. The molecule has 0 unspecified atom stereocenters. The maximum atomic E-state index is 11.5. The van der Waals surface area contributed by atoms with Gasteiger partial charge < -0.3 is 20.1 Å². The lowest BCUT2D eigenvalue weighted by molar-refractivity contribution is 0.0774. The summed E-state index contributed by atoms with van der Waals surface area (Å²) < 4.78 is 10.9. The summed E-state index contributed by atoms with van der Waals surface area (Å²) in [5.74, 6) is 0.666. The summed E-state index contributed by atoms with van der Waals surface area (Å²) >= 11 is 5.97. The van der Waals surface area contributed by atoms with Crippen LogP contribution in [-0.2, 0) is 4.74 Å². The minimum atomic E-state index is -0.165. The Kier molecular flexibility index (Phi) is 9.42. The summed E-state index contributed by atoms with van der Waals surface area (Å²) in [4.78, 5) is 11.5. The van der Waals surface area contributed by atoms with Gasteiger partial charge in [-0.3, -0.25) is 0 Å². The molecule has 0 aromatic heterocycles. The molecule has 0 spiro atoms. The van der Waals surface area contributed by atoms with Crippen molar-refractivity contribution in [2.75, 3.05) is 26.3 Å². The van der Waals surface area contributed by atoms with Crippen molar-refractivity contribution in [1.29, 1.82) is 0 Å². The molecule has 2 amide bonds. The average Bonchev–Trinajstić information content (AvgIpc) is 2.48. The van der Waals surface area contributed by atoms with Gasteiger partial charge in [0.05, 0.1) is 17.7 Å². The zero-order valence-electron chi connectivity index (χ0n) is 13.2. The summed E-state index contributed by atoms with van der Waals surface area (Å²) in [7, 11) is 0. The van der Waals surface area contributed by atoms with Gasteiger partial charge in [-0.05, 0) is 38.8 Å². The lowest BCUT2D eigenvalue weighted by Crippen LogP contribution is -2.37. The zero-order chi connectivity index (χ0) is 16.2. The van der Waals surface area contributed by atoms with E-state index in [9.17, 15) is 4.79 Å². The molecule has 0 radical (unpaired) electrons. The highest BCUT2D eigenvalue weighted by atomic mass is 35.5. The fourth-order valence-corrected chi connectivity index (χ4v) is 1.86. The molecule has 0 aliphatic rings. The number of nitrogens with one attached hydrogen (secondary N) is 2.